The average molecular weight is 476 g/mol. The molecule has 1 unspecified atom stereocenters. The van der Waals surface area contributed by atoms with Gasteiger partial charge in [-0.2, -0.15) is 5.26 Å². The second-order valence-electron chi connectivity index (χ2n) is 8.97. The minimum absolute atomic E-state index is 0.0150. The summed E-state index contributed by atoms with van der Waals surface area (Å²) in [5.41, 5.74) is 8.15. The third kappa shape index (κ3) is 4.58. The number of hydrogen-bond acceptors (Lipinski definition) is 8. The van der Waals surface area contributed by atoms with Crippen LogP contribution in [0, 0.1) is 11.3 Å². The lowest BCUT2D eigenvalue weighted by molar-refractivity contribution is -0.139. The van der Waals surface area contributed by atoms with Gasteiger partial charge in [0.2, 0.25) is 0 Å². The fourth-order valence-corrected chi connectivity index (χ4v) is 4.09. The lowest BCUT2D eigenvalue weighted by atomic mass is 9.80. The standard InChI is InChI=1S/C27H29N3O5/c1-27(2,3)17-12-13-20(33-4)19(14-17)30-23(26(32)35-6)22(25(31)34-5)21(18(15-28)24(30)29)16-10-8-7-9-11-16/h7-14,21H,29H2,1-6H3. The number of allylic oxidation sites excluding steroid dienone is 1. The summed E-state index contributed by atoms with van der Waals surface area (Å²) in [6.07, 6.45) is 0. The lowest BCUT2D eigenvalue weighted by Gasteiger charge is -2.37. The van der Waals surface area contributed by atoms with Crippen LogP contribution in [0.1, 0.15) is 37.8 Å². The molecule has 8 nitrogen and oxygen atoms in total. The molecule has 1 heterocycles. The molecule has 0 saturated heterocycles. The second kappa shape index (κ2) is 9.94. The molecule has 0 spiro atoms. The fourth-order valence-electron chi connectivity index (χ4n) is 4.09. The van der Waals surface area contributed by atoms with E-state index in [9.17, 15) is 14.9 Å². The highest BCUT2D eigenvalue weighted by atomic mass is 16.5. The van der Waals surface area contributed by atoms with Gasteiger partial charge in [-0.15, -0.1) is 0 Å². The number of nitrogens with zero attached hydrogens (tertiary/aromatic N) is 2. The largest absolute Gasteiger partial charge is 0.495 e. The van der Waals surface area contributed by atoms with E-state index in [1.54, 1.807) is 30.3 Å². The molecule has 0 bridgehead atoms. The summed E-state index contributed by atoms with van der Waals surface area (Å²) in [6, 6.07) is 16.5. The predicted octanol–water partition coefficient (Wildman–Crippen LogP) is 3.89. The minimum Gasteiger partial charge on any atom is -0.495 e. The summed E-state index contributed by atoms with van der Waals surface area (Å²) in [4.78, 5) is 27.8. The summed E-state index contributed by atoms with van der Waals surface area (Å²) in [7, 11) is 3.91. The average Bonchev–Trinajstić information content (AvgIpc) is 2.86. The van der Waals surface area contributed by atoms with Crippen molar-refractivity contribution in [2.45, 2.75) is 32.1 Å². The van der Waals surface area contributed by atoms with Crippen LogP contribution < -0.4 is 15.4 Å². The molecular weight excluding hydrogens is 446 g/mol. The number of nitrogens with two attached hydrogens (primary N) is 1. The topological polar surface area (TPSA) is 115 Å². The van der Waals surface area contributed by atoms with E-state index in [4.69, 9.17) is 19.9 Å². The molecule has 2 aromatic carbocycles. The summed E-state index contributed by atoms with van der Waals surface area (Å²) in [5, 5.41) is 10.2. The van der Waals surface area contributed by atoms with Crippen LogP contribution in [-0.4, -0.2) is 33.3 Å². The molecule has 1 atom stereocenters. The quantitative estimate of drug-likeness (QED) is 0.648. The zero-order valence-corrected chi connectivity index (χ0v) is 20.7. The zero-order valence-electron chi connectivity index (χ0n) is 20.7. The molecule has 2 N–H and O–H groups in total. The number of carbonyl (C=O) groups is 2. The van der Waals surface area contributed by atoms with Gasteiger partial charge in [-0.05, 0) is 28.7 Å². The van der Waals surface area contributed by atoms with E-state index in [0.717, 1.165) is 5.56 Å². The van der Waals surface area contributed by atoms with E-state index in [1.807, 2.05) is 39.0 Å². The van der Waals surface area contributed by atoms with Crippen molar-refractivity contribution in [3.63, 3.8) is 0 Å². The number of carbonyl (C=O) groups excluding carboxylic acids is 2. The van der Waals surface area contributed by atoms with Crippen LogP contribution in [0.4, 0.5) is 5.69 Å². The molecule has 1 aliphatic heterocycles. The van der Waals surface area contributed by atoms with E-state index in [0.29, 0.717) is 17.0 Å². The Morgan fingerprint density at radius 3 is 2.14 bits per heavy atom. The first-order chi connectivity index (χ1) is 16.6. The van der Waals surface area contributed by atoms with Crippen molar-refractivity contribution in [1.82, 2.24) is 0 Å². The highest BCUT2D eigenvalue weighted by Gasteiger charge is 2.43. The maximum Gasteiger partial charge on any atom is 0.355 e. The van der Waals surface area contributed by atoms with Gasteiger partial charge in [-0.1, -0.05) is 57.2 Å². The van der Waals surface area contributed by atoms with E-state index in [1.165, 1.54) is 26.2 Å². The Hall–Kier alpha value is -4.25. The third-order valence-corrected chi connectivity index (χ3v) is 5.90. The molecule has 182 valence electrons. The predicted molar refractivity (Wildman–Crippen MR) is 131 cm³/mol. The van der Waals surface area contributed by atoms with Crippen LogP contribution in [0.3, 0.4) is 0 Å². The Kier molecular flexibility index (Phi) is 7.20. The van der Waals surface area contributed by atoms with Gasteiger partial charge in [0.25, 0.3) is 0 Å². The van der Waals surface area contributed by atoms with Gasteiger partial charge in [0.1, 0.15) is 17.3 Å². The molecule has 0 aliphatic carbocycles. The Bertz CT molecular complexity index is 1250. The van der Waals surface area contributed by atoms with Gasteiger partial charge in [0.15, 0.2) is 0 Å². The zero-order chi connectivity index (χ0) is 25.9. The van der Waals surface area contributed by atoms with Crippen molar-refractivity contribution in [3.8, 4) is 11.8 Å². The van der Waals surface area contributed by atoms with Crippen LogP contribution >= 0.6 is 0 Å². The van der Waals surface area contributed by atoms with Gasteiger partial charge < -0.3 is 19.9 Å². The van der Waals surface area contributed by atoms with Crippen molar-refractivity contribution in [3.05, 3.63) is 82.3 Å². The fraction of sp³-hybridized carbons (Fsp3) is 0.296. The van der Waals surface area contributed by atoms with Crippen molar-refractivity contribution < 1.29 is 23.8 Å². The SMILES string of the molecule is COC(=O)C1=C(C(=O)OC)N(c2cc(C(C)(C)C)ccc2OC)C(N)=C(C#N)C1c1ccccc1. The van der Waals surface area contributed by atoms with Crippen LogP contribution in [0.15, 0.2) is 71.2 Å². The van der Waals surface area contributed by atoms with Gasteiger partial charge in [0, 0.05) is 0 Å². The molecular formula is C27H29N3O5. The minimum atomic E-state index is -0.934. The van der Waals surface area contributed by atoms with Gasteiger partial charge in [-0.3, -0.25) is 4.90 Å². The molecule has 3 rings (SSSR count). The molecule has 0 saturated carbocycles. The molecule has 2 aromatic rings. The van der Waals surface area contributed by atoms with E-state index >= 15 is 0 Å². The van der Waals surface area contributed by atoms with Crippen LogP contribution in [0.25, 0.3) is 0 Å². The van der Waals surface area contributed by atoms with Crippen molar-refractivity contribution in [1.29, 1.82) is 5.26 Å². The summed E-state index contributed by atoms with van der Waals surface area (Å²) in [5.74, 6) is -2.15. The molecule has 0 aromatic heterocycles. The van der Waals surface area contributed by atoms with Crippen molar-refractivity contribution in [2.24, 2.45) is 5.73 Å². The molecule has 1 aliphatic rings. The first kappa shape index (κ1) is 25.4. The monoisotopic (exact) mass is 475 g/mol. The highest BCUT2D eigenvalue weighted by molar-refractivity contribution is 6.06. The van der Waals surface area contributed by atoms with Crippen molar-refractivity contribution in [2.75, 3.05) is 26.2 Å². The Labute approximate surface area is 205 Å². The molecule has 0 fully saturated rings. The lowest BCUT2D eigenvalue weighted by Crippen LogP contribution is -2.41. The highest BCUT2D eigenvalue weighted by Crippen LogP contribution is 2.46. The number of hydrogen-bond donors (Lipinski definition) is 1. The summed E-state index contributed by atoms with van der Waals surface area (Å²) < 4.78 is 15.8. The number of methoxy groups -OCH3 is 3. The van der Waals surface area contributed by atoms with Crippen LogP contribution in [-0.2, 0) is 24.5 Å². The Balaban J connectivity index is 2.48. The number of rotatable bonds is 5. The molecule has 8 heteroatoms. The number of benzene rings is 2. The maximum absolute atomic E-state index is 13.2. The summed E-state index contributed by atoms with van der Waals surface area (Å²) >= 11 is 0. The first-order valence-electron chi connectivity index (χ1n) is 10.9. The molecule has 0 amide bonds. The number of anilines is 1. The Morgan fingerprint density at radius 1 is 1.00 bits per heavy atom. The Morgan fingerprint density at radius 2 is 1.63 bits per heavy atom. The first-order valence-corrected chi connectivity index (χ1v) is 10.9. The smallest absolute Gasteiger partial charge is 0.355 e. The van der Waals surface area contributed by atoms with E-state index in [2.05, 4.69) is 6.07 Å². The van der Waals surface area contributed by atoms with Crippen LogP contribution in [0.5, 0.6) is 5.75 Å². The molecule has 35 heavy (non-hydrogen) atoms. The van der Waals surface area contributed by atoms with Gasteiger partial charge in [0.05, 0.1) is 50.2 Å². The number of ether oxygens (including phenoxy) is 3. The summed E-state index contributed by atoms with van der Waals surface area (Å²) in [6.45, 7) is 6.12. The van der Waals surface area contributed by atoms with Crippen molar-refractivity contribution >= 4 is 17.6 Å². The molecule has 0 radical (unpaired) electrons. The normalized spacial score (nSPS) is 16.0. The van der Waals surface area contributed by atoms with Crippen LogP contribution in [0.2, 0.25) is 0 Å². The number of nitriles is 1. The number of esters is 2. The van der Waals surface area contributed by atoms with E-state index in [-0.39, 0.29) is 28.1 Å². The second-order valence-corrected chi connectivity index (χ2v) is 8.97. The maximum atomic E-state index is 13.2. The van der Waals surface area contributed by atoms with Gasteiger partial charge in [-0.25, -0.2) is 9.59 Å². The third-order valence-electron chi connectivity index (χ3n) is 5.90. The van der Waals surface area contributed by atoms with Gasteiger partial charge >= 0.3 is 11.9 Å². The van der Waals surface area contributed by atoms with E-state index < -0.39 is 17.9 Å².